The molecule has 0 unspecified atom stereocenters. The highest BCUT2D eigenvalue weighted by Crippen LogP contribution is 2.40. The fraction of sp³-hybridized carbons (Fsp3) is 0.0833. The third kappa shape index (κ3) is 6.67. The molecule has 2 N–H and O–H groups in total. The molecule has 4 heteroatoms. The Hall–Kier alpha value is -6.52. The zero-order chi connectivity index (χ0) is 35.6. The third-order valence-corrected chi connectivity index (χ3v) is 9.80. The number of benzene rings is 7. The summed E-state index contributed by atoms with van der Waals surface area (Å²) in [5.41, 5.74) is 3.72. The topological polar surface area (TPSA) is 58.2 Å². The second-order valence-electron chi connectivity index (χ2n) is 12.9. The van der Waals surface area contributed by atoms with Crippen molar-refractivity contribution in [1.29, 1.82) is 0 Å². The van der Waals surface area contributed by atoms with E-state index < -0.39 is 17.0 Å². The Morgan fingerprint density at radius 2 is 0.692 bits per heavy atom. The maximum atomic E-state index is 15.5. The molecule has 52 heavy (non-hydrogen) atoms. The molecule has 0 spiro atoms. The van der Waals surface area contributed by atoms with Gasteiger partial charge < -0.3 is 10.6 Å². The number of rotatable bonds is 12. The molecule has 0 aliphatic heterocycles. The second-order valence-corrected chi connectivity index (χ2v) is 12.9. The van der Waals surface area contributed by atoms with Gasteiger partial charge in [0.25, 0.3) is 0 Å². The van der Waals surface area contributed by atoms with Gasteiger partial charge in [0.05, 0.1) is 0 Å². The van der Waals surface area contributed by atoms with Crippen molar-refractivity contribution in [2.45, 2.75) is 23.4 Å². The average molecular weight is 677 g/mol. The van der Waals surface area contributed by atoms with Gasteiger partial charge in [-0.05, 0) is 38.9 Å². The summed E-state index contributed by atoms with van der Waals surface area (Å²) in [5, 5.41) is 6.85. The zero-order valence-electron chi connectivity index (χ0n) is 28.8. The van der Waals surface area contributed by atoms with Gasteiger partial charge in [-0.3, -0.25) is 9.59 Å². The quantitative estimate of drug-likeness (QED) is 0.127. The first-order valence-electron chi connectivity index (χ1n) is 17.6. The first kappa shape index (κ1) is 34.0. The van der Waals surface area contributed by atoms with E-state index in [4.69, 9.17) is 0 Å². The lowest BCUT2D eigenvalue weighted by Crippen LogP contribution is -2.58. The van der Waals surface area contributed by atoms with Crippen LogP contribution in [0.3, 0.4) is 0 Å². The number of nitrogens with one attached hydrogen (secondary N) is 2. The third-order valence-electron chi connectivity index (χ3n) is 9.80. The Kier molecular flexibility index (Phi) is 10.2. The normalized spacial score (nSPS) is 12.0. The molecule has 0 bridgehead atoms. The van der Waals surface area contributed by atoms with E-state index in [1.807, 2.05) is 212 Å². The van der Waals surface area contributed by atoms with Crippen molar-refractivity contribution in [2.24, 2.45) is 0 Å². The van der Waals surface area contributed by atoms with Crippen LogP contribution in [-0.4, -0.2) is 17.9 Å². The van der Waals surface area contributed by atoms with Crippen LogP contribution in [0.4, 0.5) is 0 Å². The van der Waals surface area contributed by atoms with E-state index in [0.29, 0.717) is 0 Å². The van der Waals surface area contributed by atoms with Crippen LogP contribution in [0.2, 0.25) is 0 Å². The standard InChI is InChI=1S/C48H40N2O2/c51-45(50-48(41-30-16-5-17-31-41,42-32-18-6-19-33-42)43-34-20-7-21-35-43)44(36-37-22-8-1-9-23-37)49-46(52)47(38-24-10-2-11-25-38,39-26-12-3-13-27-39)40-28-14-4-15-29-40/h1-35,44H,36H2,(H,49,52)(H,50,51)/t44-/m0/s1. The molecule has 7 rings (SSSR count). The van der Waals surface area contributed by atoms with Gasteiger partial charge in [-0.25, -0.2) is 0 Å². The lowest BCUT2D eigenvalue weighted by atomic mass is 9.68. The first-order valence-corrected chi connectivity index (χ1v) is 17.6. The van der Waals surface area contributed by atoms with Crippen LogP contribution < -0.4 is 10.6 Å². The molecular formula is C48H40N2O2. The van der Waals surface area contributed by atoms with Crippen LogP contribution in [-0.2, 0) is 27.0 Å². The lowest BCUT2D eigenvalue weighted by Gasteiger charge is -2.39. The molecule has 0 fully saturated rings. The van der Waals surface area contributed by atoms with E-state index in [9.17, 15) is 0 Å². The number of carbonyl (C=O) groups is 2. The van der Waals surface area contributed by atoms with E-state index in [1.54, 1.807) is 0 Å². The molecule has 0 heterocycles. The Morgan fingerprint density at radius 3 is 1.02 bits per heavy atom. The maximum Gasteiger partial charge on any atom is 0.244 e. The van der Waals surface area contributed by atoms with Crippen molar-refractivity contribution in [2.75, 3.05) is 0 Å². The number of hydrogen-bond donors (Lipinski definition) is 2. The summed E-state index contributed by atoms with van der Waals surface area (Å²) in [6.07, 6.45) is 0.279. The van der Waals surface area contributed by atoms with Gasteiger partial charge in [0.1, 0.15) is 17.0 Å². The highest BCUT2D eigenvalue weighted by Gasteiger charge is 2.46. The molecule has 0 saturated carbocycles. The molecule has 0 aliphatic carbocycles. The van der Waals surface area contributed by atoms with Crippen molar-refractivity contribution >= 4 is 11.8 Å². The Labute approximate surface area is 305 Å². The fourth-order valence-corrected chi connectivity index (χ4v) is 7.34. The Morgan fingerprint density at radius 1 is 0.404 bits per heavy atom. The minimum Gasteiger partial charge on any atom is -0.343 e. The van der Waals surface area contributed by atoms with Crippen LogP contribution in [0.25, 0.3) is 0 Å². The highest BCUT2D eigenvalue weighted by atomic mass is 16.2. The van der Waals surface area contributed by atoms with Gasteiger partial charge in [-0.2, -0.15) is 0 Å². The molecule has 7 aromatic rings. The highest BCUT2D eigenvalue weighted by molar-refractivity contribution is 5.99. The molecule has 254 valence electrons. The number of carbonyl (C=O) groups excluding carboxylic acids is 2. The SMILES string of the molecule is O=C(NC(c1ccccc1)(c1ccccc1)c1ccccc1)[C@H](Cc1ccccc1)NC(=O)C(c1ccccc1)(c1ccccc1)c1ccccc1. The summed E-state index contributed by atoms with van der Waals surface area (Å²) in [5.74, 6) is -0.603. The minimum absolute atomic E-state index is 0.279. The van der Waals surface area contributed by atoms with Crippen molar-refractivity contribution in [3.8, 4) is 0 Å². The average Bonchev–Trinajstić information content (AvgIpc) is 3.22. The summed E-state index contributed by atoms with van der Waals surface area (Å²) in [7, 11) is 0. The molecule has 0 aromatic heterocycles. The summed E-state index contributed by atoms with van der Waals surface area (Å²) >= 11 is 0. The predicted molar refractivity (Wildman–Crippen MR) is 209 cm³/mol. The second kappa shape index (κ2) is 15.6. The van der Waals surface area contributed by atoms with Gasteiger partial charge in [0, 0.05) is 6.42 Å². The van der Waals surface area contributed by atoms with E-state index in [2.05, 4.69) is 10.6 Å². The van der Waals surface area contributed by atoms with Crippen LogP contribution >= 0.6 is 0 Å². The van der Waals surface area contributed by atoms with Gasteiger partial charge >= 0.3 is 0 Å². The summed E-state index contributed by atoms with van der Waals surface area (Å²) in [6, 6.07) is 68.4. The minimum atomic E-state index is -1.26. The van der Waals surface area contributed by atoms with Crippen LogP contribution in [0, 0.1) is 0 Å². The van der Waals surface area contributed by atoms with E-state index in [1.165, 1.54) is 0 Å². The van der Waals surface area contributed by atoms with Gasteiger partial charge in [-0.15, -0.1) is 0 Å². The molecule has 4 nitrogen and oxygen atoms in total. The first-order chi connectivity index (χ1) is 25.6. The molecule has 0 aliphatic rings. The monoisotopic (exact) mass is 676 g/mol. The van der Waals surface area contributed by atoms with Crippen molar-refractivity contribution < 1.29 is 9.59 Å². The molecule has 0 saturated heterocycles. The lowest BCUT2D eigenvalue weighted by molar-refractivity contribution is -0.131. The number of amides is 2. The predicted octanol–water partition coefficient (Wildman–Crippen LogP) is 8.86. The zero-order valence-corrected chi connectivity index (χ0v) is 28.8. The molecule has 1 atom stereocenters. The van der Waals surface area contributed by atoms with Crippen molar-refractivity contribution in [1.82, 2.24) is 10.6 Å². The Bertz CT molecular complexity index is 1980. The van der Waals surface area contributed by atoms with E-state index in [0.717, 1.165) is 38.9 Å². The van der Waals surface area contributed by atoms with Gasteiger partial charge in [0.2, 0.25) is 11.8 Å². The smallest absolute Gasteiger partial charge is 0.244 e. The molecule has 7 aromatic carbocycles. The summed E-state index contributed by atoms with van der Waals surface area (Å²) in [6.45, 7) is 0. The van der Waals surface area contributed by atoms with Gasteiger partial charge in [0.15, 0.2) is 0 Å². The summed E-state index contributed by atoms with van der Waals surface area (Å²) < 4.78 is 0. The molecule has 2 amide bonds. The molecular weight excluding hydrogens is 637 g/mol. The summed E-state index contributed by atoms with van der Waals surface area (Å²) in [4.78, 5) is 30.7. The van der Waals surface area contributed by atoms with E-state index >= 15 is 9.59 Å². The largest absolute Gasteiger partial charge is 0.343 e. The maximum absolute atomic E-state index is 15.5. The fourth-order valence-electron chi connectivity index (χ4n) is 7.34. The van der Waals surface area contributed by atoms with Gasteiger partial charge in [-0.1, -0.05) is 212 Å². The van der Waals surface area contributed by atoms with Crippen LogP contribution in [0.5, 0.6) is 0 Å². The number of hydrogen-bond acceptors (Lipinski definition) is 2. The van der Waals surface area contributed by atoms with Crippen LogP contribution in [0.1, 0.15) is 38.9 Å². The van der Waals surface area contributed by atoms with E-state index in [-0.39, 0.29) is 18.2 Å². The van der Waals surface area contributed by atoms with Crippen LogP contribution in [0.15, 0.2) is 212 Å². The van der Waals surface area contributed by atoms with Crippen molar-refractivity contribution in [3.05, 3.63) is 251 Å². The Balaban J connectivity index is 1.39. The van der Waals surface area contributed by atoms with Crippen molar-refractivity contribution in [3.63, 3.8) is 0 Å². The molecule has 0 radical (unpaired) electrons.